The number of amides is 1. The van der Waals surface area contributed by atoms with Gasteiger partial charge in [-0.1, -0.05) is 18.2 Å². The van der Waals surface area contributed by atoms with E-state index in [0.717, 1.165) is 31.6 Å². The summed E-state index contributed by atoms with van der Waals surface area (Å²) in [5.41, 5.74) is 2.50. The zero-order chi connectivity index (χ0) is 19.6. The highest BCUT2D eigenvalue weighted by molar-refractivity contribution is 5.99. The third-order valence-corrected chi connectivity index (χ3v) is 6.24. The Kier molecular flexibility index (Phi) is 4.92. The van der Waals surface area contributed by atoms with Crippen molar-refractivity contribution in [1.82, 2.24) is 19.9 Å². The van der Waals surface area contributed by atoms with Gasteiger partial charge < -0.3 is 10.2 Å². The second kappa shape index (κ2) is 7.85. The number of rotatable bonds is 6. The molecule has 1 amide bonds. The fourth-order valence-corrected chi connectivity index (χ4v) is 4.45. The van der Waals surface area contributed by atoms with E-state index in [1.165, 1.54) is 25.1 Å². The number of nitrogens with one attached hydrogen (secondary N) is 1. The maximum absolute atomic E-state index is 12.8. The number of carbonyl (C=O) groups is 1. The zero-order valence-electron chi connectivity index (χ0n) is 16.6. The summed E-state index contributed by atoms with van der Waals surface area (Å²) in [5.74, 6) is 0.788. The van der Waals surface area contributed by atoms with Gasteiger partial charge >= 0.3 is 0 Å². The fraction of sp³-hybridized carbons (Fsp3) is 0.435. The summed E-state index contributed by atoms with van der Waals surface area (Å²) in [6, 6.07) is 13.4. The number of benzene rings is 1. The molecule has 2 saturated carbocycles. The molecule has 29 heavy (non-hydrogen) atoms. The quantitative estimate of drug-likeness (QED) is 0.698. The molecule has 0 unspecified atom stereocenters. The first-order chi connectivity index (χ1) is 14.3. The van der Waals surface area contributed by atoms with Gasteiger partial charge in [0.1, 0.15) is 5.56 Å². The summed E-state index contributed by atoms with van der Waals surface area (Å²) in [6.45, 7) is 1.17. The van der Waals surface area contributed by atoms with E-state index in [0.29, 0.717) is 17.3 Å². The minimum Gasteiger partial charge on any atom is -0.368 e. The van der Waals surface area contributed by atoms with Crippen molar-refractivity contribution in [2.45, 2.75) is 50.6 Å². The van der Waals surface area contributed by atoms with Crippen LogP contribution in [-0.2, 0) is 0 Å². The smallest absolute Gasteiger partial charge is 0.256 e. The lowest BCUT2D eigenvalue weighted by Gasteiger charge is -2.39. The lowest BCUT2D eigenvalue weighted by atomic mass is 9.89. The van der Waals surface area contributed by atoms with Crippen LogP contribution < -0.4 is 10.2 Å². The average molecular weight is 390 g/mol. The van der Waals surface area contributed by atoms with Gasteiger partial charge in [-0.15, -0.1) is 0 Å². The maximum Gasteiger partial charge on any atom is 0.256 e. The first-order valence-corrected chi connectivity index (χ1v) is 10.7. The molecule has 150 valence electrons. The molecule has 0 atom stereocenters. The van der Waals surface area contributed by atoms with Gasteiger partial charge in [-0.05, 0) is 62.6 Å². The van der Waals surface area contributed by atoms with Gasteiger partial charge in [0.05, 0.1) is 6.20 Å². The van der Waals surface area contributed by atoms with E-state index in [-0.39, 0.29) is 11.9 Å². The van der Waals surface area contributed by atoms with E-state index in [2.05, 4.69) is 50.6 Å². The predicted octanol–water partition coefficient (Wildman–Crippen LogP) is 3.69. The lowest BCUT2D eigenvalue weighted by Crippen LogP contribution is -2.44. The van der Waals surface area contributed by atoms with Crippen molar-refractivity contribution in [2.24, 2.45) is 5.92 Å². The number of para-hydroxylation sites is 1. The highest BCUT2D eigenvalue weighted by Crippen LogP contribution is 2.35. The number of anilines is 1. The minimum absolute atomic E-state index is 0.0694. The molecule has 0 bridgehead atoms. The van der Waals surface area contributed by atoms with Crippen LogP contribution in [0.3, 0.4) is 0 Å². The molecule has 3 aromatic rings. The van der Waals surface area contributed by atoms with Gasteiger partial charge in [0.15, 0.2) is 5.65 Å². The fourth-order valence-electron chi connectivity index (χ4n) is 4.45. The van der Waals surface area contributed by atoms with Crippen LogP contribution in [0.1, 0.15) is 48.9 Å². The maximum atomic E-state index is 12.8. The predicted molar refractivity (Wildman–Crippen MR) is 113 cm³/mol. The first kappa shape index (κ1) is 18.2. The van der Waals surface area contributed by atoms with Gasteiger partial charge in [0, 0.05) is 36.7 Å². The van der Waals surface area contributed by atoms with Crippen LogP contribution in [0.5, 0.6) is 0 Å². The number of nitrogens with zero attached hydrogens (tertiary/aromatic N) is 4. The molecule has 1 aromatic carbocycles. The van der Waals surface area contributed by atoms with E-state index in [1.54, 1.807) is 16.9 Å². The Bertz CT molecular complexity index is 973. The summed E-state index contributed by atoms with van der Waals surface area (Å²) in [7, 11) is 0. The topological polar surface area (TPSA) is 62.5 Å². The Morgan fingerprint density at radius 1 is 1.07 bits per heavy atom. The SMILES string of the molecule is O=C(N[C@H]1CC[C@@H](N(CC2CC2)c2ccccc2)CC1)c1cnn2cccnc12. The highest BCUT2D eigenvalue weighted by Gasteiger charge is 2.31. The third-order valence-electron chi connectivity index (χ3n) is 6.24. The summed E-state index contributed by atoms with van der Waals surface area (Å²) >= 11 is 0. The largest absolute Gasteiger partial charge is 0.368 e. The molecule has 5 rings (SSSR count). The molecule has 2 heterocycles. The zero-order valence-corrected chi connectivity index (χ0v) is 16.6. The second-order valence-corrected chi connectivity index (χ2v) is 8.36. The van der Waals surface area contributed by atoms with Gasteiger partial charge in [-0.2, -0.15) is 5.10 Å². The van der Waals surface area contributed by atoms with Gasteiger partial charge in [-0.25, -0.2) is 9.50 Å². The van der Waals surface area contributed by atoms with E-state index < -0.39 is 0 Å². The molecule has 0 spiro atoms. The van der Waals surface area contributed by atoms with Gasteiger partial charge in [0.2, 0.25) is 0 Å². The number of aromatic nitrogens is 3. The Morgan fingerprint density at radius 2 is 1.86 bits per heavy atom. The Morgan fingerprint density at radius 3 is 2.62 bits per heavy atom. The monoisotopic (exact) mass is 389 g/mol. The average Bonchev–Trinajstić information content (AvgIpc) is 3.49. The number of hydrogen-bond donors (Lipinski definition) is 1. The molecule has 6 heteroatoms. The summed E-state index contributed by atoms with van der Waals surface area (Å²) in [5, 5.41) is 7.44. The summed E-state index contributed by atoms with van der Waals surface area (Å²) < 4.78 is 1.64. The highest BCUT2D eigenvalue weighted by atomic mass is 16.1. The molecule has 2 aliphatic carbocycles. The van der Waals surface area contributed by atoms with E-state index in [9.17, 15) is 4.79 Å². The molecule has 0 saturated heterocycles. The van der Waals surface area contributed by atoms with Crippen LogP contribution in [0, 0.1) is 5.92 Å². The Balaban J connectivity index is 1.22. The second-order valence-electron chi connectivity index (χ2n) is 8.36. The summed E-state index contributed by atoms with van der Waals surface area (Å²) in [6.07, 6.45) is 12.1. The molecular weight excluding hydrogens is 362 g/mol. The van der Waals surface area contributed by atoms with Crippen molar-refractivity contribution in [1.29, 1.82) is 0 Å². The van der Waals surface area contributed by atoms with E-state index >= 15 is 0 Å². The third kappa shape index (κ3) is 3.97. The van der Waals surface area contributed by atoms with Crippen molar-refractivity contribution in [3.05, 3.63) is 60.6 Å². The van der Waals surface area contributed by atoms with Crippen molar-refractivity contribution in [3.63, 3.8) is 0 Å². The van der Waals surface area contributed by atoms with Crippen LogP contribution in [-0.4, -0.2) is 39.1 Å². The number of hydrogen-bond acceptors (Lipinski definition) is 4. The van der Waals surface area contributed by atoms with Gasteiger partial charge in [-0.3, -0.25) is 4.79 Å². The number of fused-ring (bicyclic) bond motifs is 1. The first-order valence-electron chi connectivity index (χ1n) is 10.7. The van der Waals surface area contributed by atoms with Crippen molar-refractivity contribution in [3.8, 4) is 0 Å². The van der Waals surface area contributed by atoms with Crippen LogP contribution in [0.25, 0.3) is 5.65 Å². The summed E-state index contributed by atoms with van der Waals surface area (Å²) in [4.78, 5) is 19.7. The van der Waals surface area contributed by atoms with Gasteiger partial charge in [0.25, 0.3) is 5.91 Å². The number of carbonyl (C=O) groups excluding carboxylic acids is 1. The molecule has 1 N–H and O–H groups in total. The van der Waals surface area contributed by atoms with Crippen LogP contribution in [0.4, 0.5) is 5.69 Å². The Labute approximate surface area is 170 Å². The molecule has 6 nitrogen and oxygen atoms in total. The molecule has 2 aliphatic rings. The molecule has 0 radical (unpaired) electrons. The van der Waals surface area contributed by atoms with Crippen molar-refractivity contribution in [2.75, 3.05) is 11.4 Å². The molecule has 2 fully saturated rings. The lowest BCUT2D eigenvalue weighted by molar-refractivity contribution is 0.0927. The van der Waals surface area contributed by atoms with E-state index in [4.69, 9.17) is 0 Å². The molecular formula is C23H27N5O. The molecule has 2 aromatic heterocycles. The standard InChI is InChI=1S/C23H27N5O/c29-23(21-15-25-28-14-4-13-24-22(21)28)26-18-9-11-20(12-10-18)27(16-17-7-8-17)19-5-2-1-3-6-19/h1-6,13-15,17-18,20H,7-12,16H2,(H,26,29)/t18-,20+. The minimum atomic E-state index is -0.0694. The van der Waals surface area contributed by atoms with Crippen molar-refractivity contribution < 1.29 is 4.79 Å². The molecule has 0 aliphatic heterocycles. The van der Waals surface area contributed by atoms with Crippen molar-refractivity contribution >= 4 is 17.2 Å². The van der Waals surface area contributed by atoms with Crippen LogP contribution in [0.2, 0.25) is 0 Å². The Hall–Kier alpha value is -2.89. The van der Waals surface area contributed by atoms with Crippen LogP contribution in [0.15, 0.2) is 55.0 Å². The normalized spacial score (nSPS) is 21.8. The van der Waals surface area contributed by atoms with Crippen LogP contribution >= 0.6 is 0 Å². The van der Waals surface area contributed by atoms with E-state index in [1.807, 2.05) is 12.3 Å².